The van der Waals surface area contributed by atoms with Gasteiger partial charge < -0.3 is 5.32 Å². The van der Waals surface area contributed by atoms with Crippen LogP contribution in [0.1, 0.15) is 21.6 Å². The predicted octanol–water partition coefficient (Wildman–Crippen LogP) is 6.32. The van der Waals surface area contributed by atoms with Crippen molar-refractivity contribution in [3.05, 3.63) is 106 Å². The maximum absolute atomic E-state index is 4.93. The van der Waals surface area contributed by atoms with E-state index < -0.39 is 0 Å². The summed E-state index contributed by atoms with van der Waals surface area (Å²) in [5.41, 5.74) is 6.09. The highest BCUT2D eigenvalue weighted by Crippen LogP contribution is 2.33. The third-order valence-corrected chi connectivity index (χ3v) is 5.53. The highest BCUT2D eigenvalue weighted by Gasteiger charge is 2.14. The number of thiazole rings is 1. The van der Waals surface area contributed by atoms with Gasteiger partial charge >= 0.3 is 0 Å². The molecule has 4 aromatic rings. The first kappa shape index (κ1) is 17.5. The number of nitrogens with one attached hydrogen (secondary N) is 1. The van der Waals surface area contributed by atoms with Crippen molar-refractivity contribution in [1.29, 1.82) is 0 Å². The molecule has 3 aromatic carbocycles. The molecular weight excluding hydrogens is 348 g/mol. The minimum absolute atomic E-state index is 0.784. The standard InChI is InChI=1S/C24H22N2S/c1-18-12-14-21(15-13-18)23-22(16-19-8-4-2-5-9-19)27-24(26-23)25-17-20-10-6-3-7-11-20/h2-15H,16-17H2,1H3,(H,25,26). The molecule has 1 N–H and O–H groups in total. The third kappa shape index (κ3) is 4.44. The Labute approximate surface area is 164 Å². The zero-order valence-corrected chi connectivity index (χ0v) is 16.2. The van der Waals surface area contributed by atoms with Crippen molar-refractivity contribution >= 4 is 16.5 Å². The Morgan fingerprint density at radius 3 is 2.07 bits per heavy atom. The normalized spacial score (nSPS) is 10.7. The molecular formula is C24H22N2S. The highest BCUT2D eigenvalue weighted by atomic mass is 32.1. The van der Waals surface area contributed by atoms with Crippen molar-refractivity contribution in [3.63, 3.8) is 0 Å². The Balaban J connectivity index is 1.62. The molecule has 0 spiro atoms. The van der Waals surface area contributed by atoms with E-state index in [1.807, 2.05) is 6.07 Å². The number of benzene rings is 3. The summed E-state index contributed by atoms with van der Waals surface area (Å²) >= 11 is 1.75. The number of hydrogen-bond acceptors (Lipinski definition) is 3. The summed E-state index contributed by atoms with van der Waals surface area (Å²) in [4.78, 5) is 6.22. The molecule has 4 rings (SSSR count). The van der Waals surface area contributed by atoms with Gasteiger partial charge in [0.15, 0.2) is 5.13 Å². The molecule has 0 aliphatic carbocycles. The SMILES string of the molecule is Cc1ccc(-c2nc(NCc3ccccc3)sc2Cc2ccccc2)cc1. The molecule has 0 unspecified atom stereocenters. The second-order valence-electron chi connectivity index (χ2n) is 6.66. The third-order valence-electron chi connectivity index (χ3n) is 4.52. The van der Waals surface area contributed by atoms with E-state index in [0.29, 0.717) is 0 Å². The quantitative estimate of drug-likeness (QED) is 0.429. The summed E-state index contributed by atoms with van der Waals surface area (Å²) in [5, 5.41) is 4.47. The fourth-order valence-electron chi connectivity index (χ4n) is 3.04. The molecule has 1 heterocycles. The minimum Gasteiger partial charge on any atom is -0.357 e. The Morgan fingerprint density at radius 2 is 1.41 bits per heavy atom. The molecule has 0 radical (unpaired) electrons. The average molecular weight is 371 g/mol. The van der Waals surface area contributed by atoms with Gasteiger partial charge in [0.25, 0.3) is 0 Å². The van der Waals surface area contributed by atoms with E-state index in [1.165, 1.54) is 27.1 Å². The van der Waals surface area contributed by atoms with Crippen molar-refractivity contribution in [2.24, 2.45) is 0 Å². The molecule has 0 saturated carbocycles. The number of aromatic nitrogens is 1. The van der Waals surface area contributed by atoms with Crippen molar-refractivity contribution in [2.45, 2.75) is 19.9 Å². The Bertz CT molecular complexity index is 990. The summed E-state index contributed by atoms with van der Waals surface area (Å²) in [6, 6.07) is 29.7. The Kier molecular flexibility index (Phi) is 5.31. The van der Waals surface area contributed by atoms with E-state index in [4.69, 9.17) is 4.98 Å². The van der Waals surface area contributed by atoms with Gasteiger partial charge in [-0.3, -0.25) is 0 Å². The van der Waals surface area contributed by atoms with Gasteiger partial charge in [0, 0.05) is 23.4 Å². The van der Waals surface area contributed by atoms with Gasteiger partial charge in [-0.2, -0.15) is 0 Å². The second kappa shape index (κ2) is 8.19. The van der Waals surface area contributed by atoms with Crippen molar-refractivity contribution < 1.29 is 0 Å². The average Bonchev–Trinajstić information content (AvgIpc) is 3.11. The molecule has 0 aliphatic heterocycles. The number of hydrogen-bond donors (Lipinski definition) is 1. The van der Waals surface area contributed by atoms with Crippen LogP contribution < -0.4 is 5.32 Å². The van der Waals surface area contributed by atoms with E-state index in [-0.39, 0.29) is 0 Å². The zero-order chi connectivity index (χ0) is 18.5. The maximum atomic E-state index is 4.93. The predicted molar refractivity (Wildman–Crippen MR) is 115 cm³/mol. The number of aryl methyl sites for hydroxylation is 1. The first-order valence-electron chi connectivity index (χ1n) is 9.16. The lowest BCUT2D eigenvalue weighted by atomic mass is 10.1. The molecule has 0 aliphatic rings. The van der Waals surface area contributed by atoms with Crippen LogP contribution >= 0.6 is 11.3 Å². The van der Waals surface area contributed by atoms with Crippen LogP contribution in [0, 0.1) is 6.92 Å². The van der Waals surface area contributed by atoms with Crippen LogP contribution in [0.15, 0.2) is 84.9 Å². The van der Waals surface area contributed by atoms with Crippen LogP contribution in [0.3, 0.4) is 0 Å². The van der Waals surface area contributed by atoms with Gasteiger partial charge in [-0.05, 0) is 18.1 Å². The maximum Gasteiger partial charge on any atom is 0.183 e. The van der Waals surface area contributed by atoms with E-state index in [0.717, 1.165) is 23.8 Å². The second-order valence-corrected chi connectivity index (χ2v) is 7.74. The van der Waals surface area contributed by atoms with Crippen LogP contribution in [0.25, 0.3) is 11.3 Å². The van der Waals surface area contributed by atoms with E-state index in [9.17, 15) is 0 Å². The number of anilines is 1. The molecule has 3 heteroatoms. The lowest BCUT2D eigenvalue weighted by Crippen LogP contribution is -1.98. The molecule has 0 atom stereocenters. The van der Waals surface area contributed by atoms with Crippen LogP contribution in [0.4, 0.5) is 5.13 Å². The molecule has 1 aromatic heterocycles. The van der Waals surface area contributed by atoms with Crippen molar-refractivity contribution in [1.82, 2.24) is 4.98 Å². The van der Waals surface area contributed by atoms with Crippen LogP contribution in [0.5, 0.6) is 0 Å². The smallest absolute Gasteiger partial charge is 0.183 e. The molecule has 134 valence electrons. The molecule has 2 nitrogen and oxygen atoms in total. The monoisotopic (exact) mass is 370 g/mol. The van der Waals surface area contributed by atoms with Gasteiger partial charge in [0.05, 0.1) is 5.69 Å². The first-order chi connectivity index (χ1) is 13.3. The zero-order valence-electron chi connectivity index (χ0n) is 15.4. The lowest BCUT2D eigenvalue weighted by Gasteiger charge is -2.03. The van der Waals surface area contributed by atoms with Crippen LogP contribution in [0.2, 0.25) is 0 Å². The minimum atomic E-state index is 0.784. The van der Waals surface area contributed by atoms with Gasteiger partial charge in [-0.15, -0.1) is 11.3 Å². The van der Waals surface area contributed by atoms with Gasteiger partial charge in [-0.1, -0.05) is 90.5 Å². The molecule has 27 heavy (non-hydrogen) atoms. The lowest BCUT2D eigenvalue weighted by molar-refractivity contribution is 1.13. The van der Waals surface area contributed by atoms with E-state index in [2.05, 4.69) is 91.1 Å². The molecule has 0 fully saturated rings. The van der Waals surface area contributed by atoms with Crippen molar-refractivity contribution in [2.75, 3.05) is 5.32 Å². The summed E-state index contributed by atoms with van der Waals surface area (Å²) in [6.45, 7) is 2.90. The fourth-order valence-corrected chi connectivity index (χ4v) is 4.05. The Morgan fingerprint density at radius 1 is 0.778 bits per heavy atom. The molecule has 0 saturated heterocycles. The fraction of sp³-hybridized carbons (Fsp3) is 0.125. The molecule has 0 amide bonds. The largest absolute Gasteiger partial charge is 0.357 e. The number of rotatable bonds is 6. The van der Waals surface area contributed by atoms with Crippen molar-refractivity contribution in [3.8, 4) is 11.3 Å². The van der Waals surface area contributed by atoms with Gasteiger partial charge in [-0.25, -0.2) is 4.98 Å². The number of nitrogens with zero attached hydrogens (tertiary/aromatic N) is 1. The van der Waals surface area contributed by atoms with E-state index >= 15 is 0 Å². The molecule has 0 bridgehead atoms. The summed E-state index contributed by atoms with van der Waals surface area (Å²) < 4.78 is 0. The van der Waals surface area contributed by atoms with Gasteiger partial charge in [0.2, 0.25) is 0 Å². The summed E-state index contributed by atoms with van der Waals surface area (Å²) in [7, 11) is 0. The highest BCUT2D eigenvalue weighted by molar-refractivity contribution is 7.16. The first-order valence-corrected chi connectivity index (χ1v) is 9.98. The van der Waals surface area contributed by atoms with E-state index in [1.54, 1.807) is 11.3 Å². The topological polar surface area (TPSA) is 24.9 Å². The van der Waals surface area contributed by atoms with Crippen LogP contribution in [-0.4, -0.2) is 4.98 Å². The van der Waals surface area contributed by atoms with Crippen LogP contribution in [-0.2, 0) is 13.0 Å². The van der Waals surface area contributed by atoms with Gasteiger partial charge in [0.1, 0.15) is 0 Å². The summed E-state index contributed by atoms with van der Waals surface area (Å²) in [5.74, 6) is 0. The Hall–Kier alpha value is -2.91. The summed E-state index contributed by atoms with van der Waals surface area (Å²) in [6.07, 6.45) is 0.898.